The van der Waals surface area contributed by atoms with Gasteiger partial charge in [-0.1, -0.05) is 59.7 Å². The summed E-state index contributed by atoms with van der Waals surface area (Å²) >= 11 is 0. The lowest BCUT2D eigenvalue weighted by molar-refractivity contribution is 0.0276. The zero-order chi connectivity index (χ0) is 17.9. The summed E-state index contributed by atoms with van der Waals surface area (Å²) in [5, 5.41) is 11.5. The third kappa shape index (κ3) is 3.89. The van der Waals surface area contributed by atoms with E-state index in [1.807, 2.05) is 62.4 Å². The van der Waals surface area contributed by atoms with E-state index in [0.717, 1.165) is 22.3 Å². The van der Waals surface area contributed by atoms with Gasteiger partial charge in [0.2, 0.25) is 0 Å². The minimum atomic E-state index is -1.30. The molecule has 0 radical (unpaired) electrons. The van der Waals surface area contributed by atoms with Gasteiger partial charge >= 0.3 is 0 Å². The van der Waals surface area contributed by atoms with E-state index in [1.54, 1.807) is 12.1 Å². The molecule has 0 aliphatic rings. The predicted molar refractivity (Wildman–Crippen MR) is 97.3 cm³/mol. The van der Waals surface area contributed by atoms with Gasteiger partial charge in [0.25, 0.3) is 0 Å². The van der Waals surface area contributed by atoms with E-state index in [-0.39, 0.29) is 12.4 Å². The van der Waals surface area contributed by atoms with Crippen molar-refractivity contribution >= 4 is 0 Å². The first-order valence-electron chi connectivity index (χ1n) is 8.22. The third-order valence-corrected chi connectivity index (χ3v) is 4.32. The van der Waals surface area contributed by atoms with Crippen molar-refractivity contribution in [3.05, 3.63) is 101 Å². The van der Waals surface area contributed by atoms with Crippen LogP contribution in [-0.2, 0) is 5.60 Å². The molecular weight excluding hydrogens is 315 g/mol. The molecule has 1 N–H and O–H groups in total. The summed E-state index contributed by atoms with van der Waals surface area (Å²) in [6.45, 7) is 4.04. The summed E-state index contributed by atoms with van der Waals surface area (Å²) in [4.78, 5) is 0. The van der Waals surface area contributed by atoms with Crippen LogP contribution in [0.25, 0.3) is 0 Å². The summed E-state index contributed by atoms with van der Waals surface area (Å²) < 4.78 is 18.8. The number of ether oxygens (including phenoxy) is 1. The summed E-state index contributed by atoms with van der Waals surface area (Å²) in [5.41, 5.74) is 2.45. The highest BCUT2D eigenvalue weighted by Gasteiger charge is 2.32. The number of halogens is 1. The second-order valence-corrected chi connectivity index (χ2v) is 6.33. The number of benzene rings is 3. The molecule has 2 nitrogen and oxygen atoms in total. The van der Waals surface area contributed by atoms with Gasteiger partial charge in [-0.05, 0) is 49.2 Å². The van der Waals surface area contributed by atoms with E-state index in [2.05, 4.69) is 0 Å². The molecular formula is C22H21FO2. The van der Waals surface area contributed by atoms with Crippen LogP contribution >= 0.6 is 0 Å². The molecule has 0 saturated heterocycles. The lowest BCUT2D eigenvalue weighted by atomic mass is 9.86. The molecule has 0 saturated carbocycles. The number of aliphatic hydroxyl groups is 1. The topological polar surface area (TPSA) is 29.5 Å². The monoisotopic (exact) mass is 336 g/mol. The van der Waals surface area contributed by atoms with Crippen LogP contribution in [0.3, 0.4) is 0 Å². The first kappa shape index (κ1) is 17.2. The maximum absolute atomic E-state index is 13.1. The molecule has 0 amide bonds. The van der Waals surface area contributed by atoms with Gasteiger partial charge in [0.1, 0.15) is 23.8 Å². The molecule has 0 fully saturated rings. The SMILES string of the molecule is Cc1ccc(C(O)(COc2ccc(F)cc2)c2ccc(C)cc2)cc1. The maximum atomic E-state index is 13.1. The predicted octanol–water partition coefficient (Wildman–Crippen LogP) is 4.76. The van der Waals surface area contributed by atoms with Crippen molar-refractivity contribution in [3.63, 3.8) is 0 Å². The van der Waals surface area contributed by atoms with E-state index < -0.39 is 5.60 Å². The molecule has 0 heterocycles. The van der Waals surface area contributed by atoms with Crippen molar-refractivity contribution in [2.45, 2.75) is 19.4 Å². The Hall–Kier alpha value is -2.65. The summed E-state index contributed by atoms with van der Waals surface area (Å²) in [7, 11) is 0. The van der Waals surface area contributed by atoms with Gasteiger partial charge in [0.15, 0.2) is 0 Å². The Morgan fingerprint density at radius 1 is 0.760 bits per heavy atom. The molecule has 0 aliphatic carbocycles. The fourth-order valence-electron chi connectivity index (χ4n) is 2.71. The zero-order valence-corrected chi connectivity index (χ0v) is 14.4. The van der Waals surface area contributed by atoms with Crippen LogP contribution in [0.15, 0.2) is 72.8 Å². The van der Waals surface area contributed by atoms with Crippen LogP contribution in [-0.4, -0.2) is 11.7 Å². The molecule has 3 aromatic carbocycles. The number of rotatable bonds is 5. The van der Waals surface area contributed by atoms with E-state index in [4.69, 9.17) is 4.74 Å². The minimum absolute atomic E-state index is 0.0325. The smallest absolute Gasteiger partial charge is 0.148 e. The van der Waals surface area contributed by atoms with Crippen molar-refractivity contribution in [1.82, 2.24) is 0 Å². The van der Waals surface area contributed by atoms with Gasteiger partial charge in [-0.25, -0.2) is 4.39 Å². The molecule has 128 valence electrons. The van der Waals surface area contributed by atoms with E-state index in [1.165, 1.54) is 12.1 Å². The van der Waals surface area contributed by atoms with Gasteiger partial charge in [-0.2, -0.15) is 0 Å². The number of hydrogen-bond acceptors (Lipinski definition) is 2. The van der Waals surface area contributed by atoms with Gasteiger partial charge in [0, 0.05) is 0 Å². The third-order valence-electron chi connectivity index (χ3n) is 4.32. The normalized spacial score (nSPS) is 11.4. The van der Waals surface area contributed by atoms with Crippen LogP contribution < -0.4 is 4.74 Å². The largest absolute Gasteiger partial charge is 0.490 e. The van der Waals surface area contributed by atoms with E-state index in [0.29, 0.717) is 5.75 Å². The molecule has 0 aromatic heterocycles. The molecule has 3 heteroatoms. The van der Waals surface area contributed by atoms with Crippen molar-refractivity contribution in [2.75, 3.05) is 6.61 Å². The maximum Gasteiger partial charge on any atom is 0.148 e. The van der Waals surface area contributed by atoms with Crippen molar-refractivity contribution in [3.8, 4) is 5.75 Å². The Balaban J connectivity index is 1.94. The highest BCUT2D eigenvalue weighted by atomic mass is 19.1. The standard InChI is InChI=1S/C22H21FO2/c1-16-3-7-18(8-4-16)22(24,19-9-5-17(2)6-10-19)15-25-21-13-11-20(23)12-14-21/h3-14,24H,15H2,1-2H3. The molecule has 0 aliphatic heterocycles. The first-order valence-corrected chi connectivity index (χ1v) is 8.22. The molecule has 0 spiro atoms. The second kappa shape index (κ2) is 7.08. The molecule has 0 bridgehead atoms. The molecule has 25 heavy (non-hydrogen) atoms. The first-order chi connectivity index (χ1) is 12.0. The Kier molecular flexibility index (Phi) is 4.86. The quantitative estimate of drug-likeness (QED) is 0.728. The van der Waals surface area contributed by atoms with Crippen molar-refractivity contribution in [2.24, 2.45) is 0 Å². The Morgan fingerprint density at radius 2 is 1.20 bits per heavy atom. The van der Waals surface area contributed by atoms with Gasteiger partial charge in [-0.3, -0.25) is 0 Å². The molecule has 3 aromatic rings. The summed E-state index contributed by atoms with van der Waals surface area (Å²) in [5.74, 6) is 0.193. The Morgan fingerprint density at radius 3 is 1.64 bits per heavy atom. The second-order valence-electron chi connectivity index (χ2n) is 6.33. The lowest BCUT2D eigenvalue weighted by Gasteiger charge is -2.29. The average Bonchev–Trinajstić information content (AvgIpc) is 2.62. The molecule has 0 atom stereocenters. The van der Waals surface area contributed by atoms with Gasteiger partial charge in [0.05, 0.1) is 0 Å². The lowest BCUT2D eigenvalue weighted by Crippen LogP contribution is -2.34. The number of hydrogen-bond donors (Lipinski definition) is 1. The Bertz CT molecular complexity index is 776. The average molecular weight is 336 g/mol. The fraction of sp³-hybridized carbons (Fsp3) is 0.182. The highest BCUT2D eigenvalue weighted by molar-refractivity contribution is 5.39. The fourth-order valence-corrected chi connectivity index (χ4v) is 2.71. The number of aryl methyl sites for hydroxylation is 2. The van der Waals surface area contributed by atoms with E-state index in [9.17, 15) is 9.50 Å². The highest BCUT2D eigenvalue weighted by Crippen LogP contribution is 2.31. The summed E-state index contributed by atoms with van der Waals surface area (Å²) in [6, 6.07) is 21.3. The van der Waals surface area contributed by atoms with Crippen LogP contribution in [0, 0.1) is 19.7 Å². The van der Waals surface area contributed by atoms with Crippen molar-refractivity contribution in [1.29, 1.82) is 0 Å². The van der Waals surface area contributed by atoms with Crippen molar-refractivity contribution < 1.29 is 14.2 Å². The van der Waals surface area contributed by atoms with E-state index >= 15 is 0 Å². The van der Waals surface area contributed by atoms with Crippen LogP contribution in [0.4, 0.5) is 4.39 Å². The van der Waals surface area contributed by atoms with Gasteiger partial charge in [-0.15, -0.1) is 0 Å². The van der Waals surface area contributed by atoms with Crippen LogP contribution in [0.2, 0.25) is 0 Å². The van der Waals surface area contributed by atoms with Gasteiger partial charge < -0.3 is 9.84 Å². The molecule has 3 rings (SSSR count). The zero-order valence-electron chi connectivity index (χ0n) is 14.4. The van der Waals surface area contributed by atoms with Crippen LogP contribution in [0.1, 0.15) is 22.3 Å². The minimum Gasteiger partial charge on any atom is -0.490 e. The Labute approximate surface area is 147 Å². The van der Waals surface area contributed by atoms with Crippen LogP contribution in [0.5, 0.6) is 5.75 Å². The summed E-state index contributed by atoms with van der Waals surface area (Å²) in [6.07, 6.45) is 0. The molecule has 0 unspecified atom stereocenters.